The number of aromatic nitrogens is 2. The van der Waals surface area contributed by atoms with Crippen molar-refractivity contribution in [3.8, 4) is 45.2 Å². The third-order valence-corrected chi connectivity index (χ3v) is 13.0. The highest BCUT2D eigenvalue weighted by atomic mass is 16.4. The Morgan fingerprint density at radius 3 is 1.21 bits per heavy atom. The van der Waals surface area contributed by atoms with E-state index in [1.807, 2.05) is 48.5 Å². The number of hydrogen-bond acceptors (Lipinski definition) is 8. The number of anilines is 10. The lowest BCUT2D eigenvalue weighted by Gasteiger charge is -2.44. The molecule has 314 valence electrons. The highest BCUT2D eigenvalue weighted by molar-refractivity contribution is 6.11. The molecule has 0 fully saturated rings. The van der Waals surface area contributed by atoms with Gasteiger partial charge in [0.25, 0.3) is 0 Å². The van der Waals surface area contributed by atoms with Gasteiger partial charge in [0, 0.05) is 30.8 Å². The third-order valence-electron chi connectivity index (χ3n) is 13.0. The van der Waals surface area contributed by atoms with Gasteiger partial charge < -0.3 is 28.4 Å². The second kappa shape index (κ2) is 14.9. The molecular weight excluding hydrogens is 813 g/mol. The van der Waals surface area contributed by atoms with Gasteiger partial charge in [0.05, 0.1) is 56.9 Å². The van der Waals surface area contributed by atoms with Crippen molar-refractivity contribution < 1.29 is 8.83 Å². The lowest BCUT2D eigenvalue weighted by atomic mass is 9.88. The van der Waals surface area contributed by atoms with Gasteiger partial charge in [0.2, 0.25) is 11.8 Å². The first-order valence-corrected chi connectivity index (χ1v) is 22.1. The molecule has 9 aromatic carbocycles. The SMILES string of the molecule is CN1c2ccccc2N(c2ccc(-c3cccc(-c4nc5ccccc5o4)c3)c(-c3cccc(-c4nc5ccccc5o4)c3)c2N2c3ccccc3N(C)c3ccccc32)c2ccccc21. The molecule has 0 saturated heterocycles. The van der Waals surface area contributed by atoms with Crippen LogP contribution in [-0.2, 0) is 0 Å². The van der Waals surface area contributed by atoms with Gasteiger partial charge in [0.15, 0.2) is 11.2 Å². The average molecular weight is 853 g/mol. The molecule has 66 heavy (non-hydrogen) atoms. The Kier molecular flexibility index (Phi) is 8.48. The number of para-hydroxylation sites is 12. The zero-order valence-electron chi connectivity index (χ0n) is 36.1. The van der Waals surface area contributed by atoms with Crippen molar-refractivity contribution in [3.05, 3.63) is 206 Å². The quantitative estimate of drug-likeness (QED) is 0.164. The summed E-state index contributed by atoms with van der Waals surface area (Å²) in [6, 6.07) is 72.3. The monoisotopic (exact) mass is 852 g/mol. The summed E-state index contributed by atoms with van der Waals surface area (Å²) in [5.74, 6) is 1.13. The molecule has 0 amide bonds. The van der Waals surface area contributed by atoms with Crippen molar-refractivity contribution in [2.24, 2.45) is 0 Å². The molecule has 13 rings (SSSR count). The average Bonchev–Trinajstić information content (AvgIpc) is 4.03. The smallest absolute Gasteiger partial charge is 0.227 e. The molecule has 11 aromatic rings. The van der Waals surface area contributed by atoms with Crippen molar-refractivity contribution >= 4 is 79.1 Å². The second-order valence-electron chi connectivity index (χ2n) is 16.7. The van der Waals surface area contributed by atoms with Gasteiger partial charge in [-0.25, -0.2) is 9.97 Å². The van der Waals surface area contributed by atoms with Crippen LogP contribution in [0.5, 0.6) is 0 Å². The first-order valence-electron chi connectivity index (χ1n) is 22.1. The zero-order chi connectivity index (χ0) is 43.9. The van der Waals surface area contributed by atoms with Crippen molar-refractivity contribution in [1.82, 2.24) is 9.97 Å². The predicted molar refractivity (Wildman–Crippen MR) is 269 cm³/mol. The van der Waals surface area contributed by atoms with Gasteiger partial charge in [-0.15, -0.1) is 0 Å². The highest BCUT2D eigenvalue weighted by Gasteiger charge is 2.36. The molecule has 4 heterocycles. The summed E-state index contributed by atoms with van der Waals surface area (Å²) in [4.78, 5) is 19.4. The number of fused-ring (bicyclic) bond motifs is 6. The minimum Gasteiger partial charge on any atom is -0.436 e. The number of rotatable bonds is 6. The van der Waals surface area contributed by atoms with E-state index in [1.165, 1.54) is 0 Å². The molecule has 0 radical (unpaired) electrons. The summed E-state index contributed by atoms with van der Waals surface area (Å²) in [5, 5.41) is 0. The molecule has 0 spiro atoms. The number of oxazole rings is 2. The fourth-order valence-electron chi connectivity index (χ4n) is 9.91. The normalized spacial score (nSPS) is 12.9. The maximum atomic E-state index is 6.45. The molecular formula is C58H40N6O2. The van der Waals surface area contributed by atoms with Crippen LogP contribution in [0.1, 0.15) is 0 Å². The molecule has 0 saturated carbocycles. The van der Waals surface area contributed by atoms with Crippen molar-refractivity contribution in [1.29, 1.82) is 0 Å². The Morgan fingerprint density at radius 2 is 0.727 bits per heavy atom. The van der Waals surface area contributed by atoms with E-state index in [-0.39, 0.29) is 0 Å². The van der Waals surface area contributed by atoms with Gasteiger partial charge in [0.1, 0.15) is 11.0 Å². The molecule has 2 aliphatic heterocycles. The first kappa shape index (κ1) is 37.7. The van der Waals surface area contributed by atoms with Gasteiger partial charge >= 0.3 is 0 Å². The molecule has 0 atom stereocenters. The van der Waals surface area contributed by atoms with Crippen molar-refractivity contribution in [2.75, 3.05) is 33.7 Å². The Labute approximate surface area is 381 Å². The summed E-state index contributed by atoms with van der Waals surface area (Å²) in [6.07, 6.45) is 0. The Morgan fingerprint density at radius 1 is 0.333 bits per heavy atom. The van der Waals surface area contributed by atoms with Gasteiger partial charge in [-0.2, -0.15) is 0 Å². The summed E-state index contributed by atoms with van der Waals surface area (Å²) in [7, 11) is 4.31. The molecule has 0 unspecified atom stereocenters. The largest absolute Gasteiger partial charge is 0.436 e. The van der Waals surface area contributed by atoms with E-state index in [9.17, 15) is 0 Å². The second-order valence-corrected chi connectivity index (χ2v) is 16.7. The van der Waals surface area contributed by atoms with Gasteiger partial charge in [-0.1, -0.05) is 103 Å². The maximum Gasteiger partial charge on any atom is 0.227 e. The Hall–Kier alpha value is -8.88. The van der Waals surface area contributed by atoms with Gasteiger partial charge in [-0.3, -0.25) is 0 Å². The first-order chi connectivity index (χ1) is 32.6. The third kappa shape index (κ3) is 5.85. The van der Waals surface area contributed by atoms with Crippen LogP contribution in [0.15, 0.2) is 215 Å². The fourth-order valence-corrected chi connectivity index (χ4v) is 9.91. The van der Waals surface area contributed by atoms with E-state index in [1.54, 1.807) is 0 Å². The van der Waals surface area contributed by atoms with E-state index in [4.69, 9.17) is 18.8 Å². The van der Waals surface area contributed by atoms with Crippen LogP contribution >= 0.6 is 0 Å². The van der Waals surface area contributed by atoms with Crippen LogP contribution in [0.25, 0.3) is 67.4 Å². The number of hydrogen-bond donors (Lipinski definition) is 0. The van der Waals surface area contributed by atoms with E-state index >= 15 is 0 Å². The minimum atomic E-state index is 0.562. The number of benzene rings is 9. The predicted octanol–water partition coefficient (Wildman–Crippen LogP) is 15.7. The van der Waals surface area contributed by atoms with E-state index < -0.39 is 0 Å². The zero-order valence-corrected chi connectivity index (χ0v) is 36.1. The van der Waals surface area contributed by atoms with E-state index in [0.717, 1.165) is 112 Å². The van der Waals surface area contributed by atoms with Crippen LogP contribution < -0.4 is 19.6 Å². The Balaban J connectivity index is 1.16. The minimum absolute atomic E-state index is 0.562. The molecule has 2 aromatic heterocycles. The standard InChI is InChI=1S/C58H40N6O2/c1-61-44-23-5-9-27-48(44)63(49-28-10-6-24-45(49)61)52-34-33-41(37-17-15-19-39(35-37)57-59-42-21-3-13-31-53(42)65-57)55(38-18-16-20-40(36-38)58-60-43-22-4-14-32-54(43)66-58)56(52)64-50-29-11-7-25-46(50)62(2)47-26-8-12-30-51(47)64/h3-36H,1-2H3. The summed E-state index contributed by atoms with van der Waals surface area (Å²) in [6.45, 7) is 0. The van der Waals surface area contributed by atoms with Crippen molar-refractivity contribution in [3.63, 3.8) is 0 Å². The van der Waals surface area contributed by atoms with Crippen molar-refractivity contribution in [2.45, 2.75) is 0 Å². The van der Waals surface area contributed by atoms with Crippen LogP contribution in [0, 0.1) is 0 Å². The van der Waals surface area contributed by atoms with Crippen LogP contribution in [0.2, 0.25) is 0 Å². The molecule has 0 aliphatic carbocycles. The summed E-state index contributed by atoms with van der Waals surface area (Å²) >= 11 is 0. The summed E-state index contributed by atoms with van der Waals surface area (Å²) < 4.78 is 12.8. The molecule has 8 nitrogen and oxygen atoms in total. The Bertz CT molecular complexity index is 3540. The summed E-state index contributed by atoms with van der Waals surface area (Å²) in [5.41, 5.74) is 19.7. The fraction of sp³-hybridized carbons (Fsp3) is 0.0345. The maximum absolute atomic E-state index is 6.45. The van der Waals surface area contributed by atoms with E-state index in [0.29, 0.717) is 11.8 Å². The lowest BCUT2D eigenvalue weighted by molar-refractivity contribution is 0.619. The number of nitrogens with zero attached hydrogens (tertiary/aromatic N) is 6. The van der Waals surface area contributed by atoms with Crippen LogP contribution in [-0.4, -0.2) is 24.1 Å². The van der Waals surface area contributed by atoms with Gasteiger partial charge in [-0.05, 0) is 120 Å². The van der Waals surface area contributed by atoms with Crippen LogP contribution in [0.3, 0.4) is 0 Å². The molecule has 8 heteroatoms. The lowest BCUT2D eigenvalue weighted by Crippen LogP contribution is -2.28. The highest BCUT2D eigenvalue weighted by Crippen LogP contribution is 2.60. The topological polar surface area (TPSA) is 65.0 Å². The van der Waals surface area contributed by atoms with E-state index in [2.05, 4.69) is 191 Å². The molecule has 0 bridgehead atoms. The molecule has 0 N–H and O–H groups in total. The van der Waals surface area contributed by atoms with Crippen LogP contribution in [0.4, 0.5) is 56.9 Å². The molecule has 2 aliphatic rings.